The van der Waals surface area contributed by atoms with E-state index in [-0.39, 0.29) is 0 Å². The summed E-state index contributed by atoms with van der Waals surface area (Å²) in [5, 5.41) is 8.61. The molecule has 0 aromatic heterocycles. The third-order valence-corrected chi connectivity index (χ3v) is 4.03. The summed E-state index contributed by atoms with van der Waals surface area (Å²) in [5.41, 5.74) is 2.23. The van der Waals surface area contributed by atoms with Gasteiger partial charge in [-0.3, -0.25) is 4.90 Å². The number of nitrogens with zero attached hydrogens (tertiary/aromatic N) is 1. The summed E-state index contributed by atoms with van der Waals surface area (Å²) in [6.07, 6.45) is 8.17. The molecule has 0 bridgehead atoms. The molecule has 1 fully saturated rings. The van der Waals surface area contributed by atoms with Crippen LogP contribution in [-0.2, 0) is 11.3 Å². The van der Waals surface area contributed by atoms with Crippen LogP contribution in [0.1, 0.15) is 43.7 Å². The van der Waals surface area contributed by atoms with E-state index < -0.39 is 5.97 Å². The number of carboxylic acid groups (broad SMARTS) is 1. The summed E-state index contributed by atoms with van der Waals surface area (Å²) >= 11 is 0. The smallest absolute Gasteiger partial charge is 0.328 e. The van der Waals surface area contributed by atoms with Gasteiger partial charge in [-0.2, -0.15) is 0 Å². The highest BCUT2D eigenvalue weighted by Gasteiger charge is 2.21. The molecule has 0 heterocycles. The van der Waals surface area contributed by atoms with Gasteiger partial charge in [0, 0.05) is 18.7 Å². The molecule has 0 atom stereocenters. The molecule has 1 N–H and O–H groups in total. The Morgan fingerprint density at radius 1 is 1.30 bits per heavy atom. The van der Waals surface area contributed by atoms with Crippen LogP contribution in [0.25, 0.3) is 6.08 Å². The molecule has 3 heteroatoms. The standard InChI is InChI=1S/C17H23NO2/c1-2-18(16-5-3-4-6-16)13-15-9-7-14(8-10-15)11-12-17(19)20/h7-12,16H,2-6,13H2,1H3,(H,19,20). The van der Waals surface area contributed by atoms with E-state index in [0.717, 1.165) is 24.7 Å². The Labute approximate surface area is 120 Å². The summed E-state index contributed by atoms with van der Waals surface area (Å²) in [7, 11) is 0. The van der Waals surface area contributed by atoms with Crippen LogP contribution in [0.3, 0.4) is 0 Å². The summed E-state index contributed by atoms with van der Waals surface area (Å²) in [6, 6.07) is 8.90. The van der Waals surface area contributed by atoms with Gasteiger partial charge in [0.05, 0.1) is 0 Å². The van der Waals surface area contributed by atoms with Crippen molar-refractivity contribution >= 4 is 12.0 Å². The number of benzene rings is 1. The number of hydrogen-bond acceptors (Lipinski definition) is 2. The zero-order valence-corrected chi connectivity index (χ0v) is 12.1. The lowest BCUT2D eigenvalue weighted by atomic mass is 10.1. The molecule has 2 rings (SSSR count). The normalized spacial score (nSPS) is 16.3. The van der Waals surface area contributed by atoms with E-state index in [1.807, 2.05) is 12.1 Å². The topological polar surface area (TPSA) is 40.5 Å². The van der Waals surface area contributed by atoms with Crippen LogP contribution in [0.2, 0.25) is 0 Å². The second-order valence-corrected chi connectivity index (χ2v) is 5.41. The number of carbonyl (C=O) groups is 1. The Bertz CT molecular complexity index is 458. The molecule has 3 nitrogen and oxygen atoms in total. The highest BCUT2D eigenvalue weighted by atomic mass is 16.4. The van der Waals surface area contributed by atoms with Crippen LogP contribution in [0.5, 0.6) is 0 Å². The molecular weight excluding hydrogens is 250 g/mol. The van der Waals surface area contributed by atoms with E-state index in [4.69, 9.17) is 5.11 Å². The van der Waals surface area contributed by atoms with E-state index in [0.29, 0.717) is 0 Å². The lowest BCUT2D eigenvalue weighted by Gasteiger charge is -2.27. The SMILES string of the molecule is CCN(Cc1ccc(C=CC(=O)O)cc1)C1CCCC1. The molecule has 20 heavy (non-hydrogen) atoms. The Morgan fingerprint density at radius 2 is 1.95 bits per heavy atom. The molecule has 1 aromatic rings. The van der Waals surface area contributed by atoms with Gasteiger partial charge in [-0.05, 0) is 36.6 Å². The fourth-order valence-electron chi connectivity index (χ4n) is 2.90. The van der Waals surface area contributed by atoms with Crippen LogP contribution in [0.15, 0.2) is 30.3 Å². The third kappa shape index (κ3) is 4.20. The van der Waals surface area contributed by atoms with Gasteiger partial charge >= 0.3 is 5.97 Å². The number of hydrogen-bond donors (Lipinski definition) is 1. The van der Waals surface area contributed by atoms with Gasteiger partial charge in [-0.1, -0.05) is 44.0 Å². The highest BCUT2D eigenvalue weighted by Crippen LogP contribution is 2.24. The number of carboxylic acids is 1. The molecule has 0 saturated heterocycles. The van der Waals surface area contributed by atoms with Crippen LogP contribution in [-0.4, -0.2) is 28.6 Å². The van der Waals surface area contributed by atoms with Crippen molar-refractivity contribution in [2.75, 3.05) is 6.54 Å². The number of aliphatic carboxylic acids is 1. The van der Waals surface area contributed by atoms with Gasteiger partial charge in [0.2, 0.25) is 0 Å². The third-order valence-electron chi connectivity index (χ3n) is 4.03. The summed E-state index contributed by atoms with van der Waals surface area (Å²) in [6.45, 7) is 4.30. The number of rotatable bonds is 6. The van der Waals surface area contributed by atoms with Crippen LogP contribution in [0, 0.1) is 0 Å². The highest BCUT2D eigenvalue weighted by molar-refractivity contribution is 5.85. The summed E-state index contributed by atoms with van der Waals surface area (Å²) in [5.74, 6) is -0.910. The summed E-state index contributed by atoms with van der Waals surface area (Å²) in [4.78, 5) is 13.0. The van der Waals surface area contributed by atoms with Crippen molar-refractivity contribution in [1.29, 1.82) is 0 Å². The zero-order valence-electron chi connectivity index (χ0n) is 12.1. The minimum absolute atomic E-state index is 0.742. The van der Waals surface area contributed by atoms with E-state index in [1.54, 1.807) is 6.08 Å². The van der Waals surface area contributed by atoms with E-state index in [1.165, 1.54) is 37.3 Å². The molecule has 1 aliphatic rings. The van der Waals surface area contributed by atoms with Gasteiger partial charge < -0.3 is 5.11 Å². The van der Waals surface area contributed by atoms with Gasteiger partial charge in [0.15, 0.2) is 0 Å². The Hall–Kier alpha value is -1.61. The van der Waals surface area contributed by atoms with Crippen molar-refractivity contribution in [1.82, 2.24) is 4.90 Å². The Morgan fingerprint density at radius 3 is 2.50 bits per heavy atom. The van der Waals surface area contributed by atoms with Gasteiger partial charge in [0.1, 0.15) is 0 Å². The molecule has 0 unspecified atom stereocenters. The maximum Gasteiger partial charge on any atom is 0.328 e. The fourth-order valence-corrected chi connectivity index (χ4v) is 2.90. The van der Waals surface area contributed by atoms with Crippen LogP contribution < -0.4 is 0 Å². The molecule has 0 amide bonds. The van der Waals surface area contributed by atoms with Gasteiger partial charge in [-0.25, -0.2) is 4.79 Å². The van der Waals surface area contributed by atoms with E-state index in [9.17, 15) is 4.79 Å². The Balaban J connectivity index is 1.96. The lowest BCUT2D eigenvalue weighted by Crippen LogP contribution is -2.32. The van der Waals surface area contributed by atoms with Crippen molar-refractivity contribution in [3.8, 4) is 0 Å². The fraction of sp³-hybridized carbons (Fsp3) is 0.471. The van der Waals surface area contributed by atoms with Crippen LogP contribution >= 0.6 is 0 Å². The monoisotopic (exact) mass is 273 g/mol. The molecule has 1 aliphatic carbocycles. The lowest BCUT2D eigenvalue weighted by molar-refractivity contribution is -0.131. The maximum atomic E-state index is 10.5. The predicted molar refractivity (Wildman–Crippen MR) is 81.5 cm³/mol. The Kier molecular flexibility index (Phi) is 5.36. The van der Waals surface area contributed by atoms with Crippen molar-refractivity contribution in [2.24, 2.45) is 0 Å². The van der Waals surface area contributed by atoms with Crippen molar-refractivity contribution in [2.45, 2.75) is 45.2 Å². The zero-order chi connectivity index (χ0) is 14.4. The van der Waals surface area contributed by atoms with E-state index in [2.05, 4.69) is 24.0 Å². The van der Waals surface area contributed by atoms with Crippen molar-refractivity contribution in [3.63, 3.8) is 0 Å². The predicted octanol–water partition coefficient (Wildman–Crippen LogP) is 3.55. The van der Waals surface area contributed by atoms with Crippen molar-refractivity contribution < 1.29 is 9.90 Å². The first-order valence-electron chi connectivity index (χ1n) is 7.43. The molecular formula is C17H23NO2. The maximum absolute atomic E-state index is 10.5. The molecule has 1 saturated carbocycles. The largest absolute Gasteiger partial charge is 0.478 e. The quantitative estimate of drug-likeness (QED) is 0.806. The summed E-state index contributed by atoms with van der Waals surface area (Å²) < 4.78 is 0. The molecule has 0 spiro atoms. The molecule has 1 aromatic carbocycles. The first-order chi connectivity index (χ1) is 9.69. The molecule has 108 valence electrons. The van der Waals surface area contributed by atoms with Crippen molar-refractivity contribution in [3.05, 3.63) is 41.5 Å². The van der Waals surface area contributed by atoms with Crippen LogP contribution in [0.4, 0.5) is 0 Å². The van der Waals surface area contributed by atoms with E-state index >= 15 is 0 Å². The molecule has 0 radical (unpaired) electrons. The second kappa shape index (κ2) is 7.25. The molecule has 0 aliphatic heterocycles. The average molecular weight is 273 g/mol. The minimum atomic E-state index is -0.910. The first-order valence-corrected chi connectivity index (χ1v) is 7.43. The second-order valence-electron chi connectivity index (χ2n) is 5.41. The van der Waals surface area contributed by atoms with Gasteiger partial charge in [-0.15, -0.1) is 0 Å². The van der Waals surface area contributed by atoms with Gasteiger partial charge in [0.25, 0.3) is 0 Å². The minimum Gasteiger partial charge on any atom is -0.478 e. The first kappa shape index (κ1) is 14.8. The average Bonchev–Trinajstić information content (AvgIpc) is 2.97.